The summed E-state index contributed by atoms with van der Waals surface area (Å²) in [7, 11) is 3.93. The van der Waals surface area contributed by atoms with Gasteiger partial charge in [-0.25, -0.2) is 0 Å². The van der Waals surface area contributed by atoms with Crippen molar-refractivity contribution in [2.24, 2.45) is 5.92 Å². The zero-order valence-electron chi connectivity index (χ0n) is 25.1. The van der Waals surface area contributed by atoms with Crippen molar-refractivity contribution in [3.05, 3.63) is 36.4 Å². The smallest absolute Gasteiger partial charge is 0.246 e. The maximum Gasteiger partial charge on any atom is 0.246 e. The number of carbonyl (C=O) groups excluding carboxylic acids is 1. The van der Waals surface area contributed by atoms with E-state index in [1.54, 1.807) is 7.11 Å². The van der Waals surface area contributed by atoms with Gasteiger partial charge in [0.25, 0.3) is 0 Å². The fourth-order valence-corrected chi connectivity index (χ4v) is 9.58. The standard InChI is InChI=1S/C32H46N6O3S/c1-4-29(39)38-17-16-37(20-23(38)11-14-33)30-26-10-13-32(12-9-22-18-25(40-3)7-8-28(22)42-32)19-27(26)34-31(35-30)41-21-24-6-5-15-36(24)2/h4,7-8,18,23-24,26-27,30-31,34-35H,1,5-6,9-13,15-17,19-21H2,2-3H3/t23?,24?,26?,27?,30?,31?,32-/m1/s1. The molecule has 4 heterocycles. The summed E-state index contributed by atoms with van der Waals surface area (Å²) in [5.74, 6) is 1.28. The Morgan fingerprint density at radius 1 is 1.24 bits per heavy atom. The zero-order chi connectivity index (χ0) is 29.3. The number of nitrogens with zero attached hydrogens (tertiary/aromatic N) is 4. The van der Waals surface area contributed by atoms with Crippen LogP contribution in [0.4, 0.5) is 0 Å². The van der Waals surface area contributed by atoms with Crippen LogP contribution in [0.3, 0.4) is 0 Å². The number of nitriles is 1. The van der Waals surface area contributed by atoms with Crippen LogP contribution in [-0.2, 0) is 16.0 Å². The van der Waals surface area contributed by atoms with Gasteiger partial charge in [-0.2, -0.15) is 5.26 Å². The van der Waals surface area contributed by atoms with Crippen LogP contribution in [0.25, 0.3) is 0 Å². The van der Waals surface area contributed by atoms with Crippen molar-refractivity contribution >= 4 is 17.7 Å². The number of ether oxygens (including phenoxy) is 2. The number of hydrogen-bond acceptors (Lipinski definition) is 9. The Labute approximate surface area is 254 Å². The number of fused-ring (bicyclic) bond motifs is 2. The van der Waals surface area contributed by atoms with Gasteiger partial charge in [-0.1, -0.05) is 6.58 Å². The molecule has 6 rings (SSSR count). The molecule has 0 aromatic heterocycles. The maximum absolute atomic E-state index is 12.6. The first-order valence-corrected chi connectivity index (χ1v) is 16.5. The number of nitrogens with one attached hydrogen (secondary N) is 2. The summed E-state index contributed by atoms with van der Waals surface area (Å²) in [5, 5.41) is 17.3. The molecule has 1 amide bonds. The van der Waals surface area contributed by atoms with E-state index in [1.807, 2.05) is 4.90 Å². The Hall–Kier alpha value is -2.13. The summed E-state index contributed by atoms with van der Waals surface area (Å²) in [5.41, 5.74) is 1.40. The number of rotatable bonds is 7. The van der Waals surface area contributed by atoms with E-state index < -0.39 is 0 Å². The molecule has 2 N–H and O–H groups in total. The lowest BCUT2D eigenvalue weighted by Crippen LogP contribution is -2.72. The highest BCUT2D eigenvalue weighted by Gasteiger charge is 2.50. The Bertz CT molecular complexity index is 1190. The molecular formula is C32H46N6O3S. The average molecular weight is 595 g/mol. The Morgan fingerprint density at radius 2 is 2.12 bits per heavy atom. The average Bonchev–Trinajstić information content (AvgIpc) is 3.43. The van der Waals surface area contributed by atoms with Crippen molar-refractivity contribution in [3.8, 4) is 11.8 Å². The third-order valence-corrected chi connectivity index (χ3v) is 12.0. The van der Waals surface area contributed by atoms with E-state index in [1.165, 1.54) is 42.2 Å². The van der Waals surface area contributed by atoms with Gasteiger partial charge in [-0.05, 0) is 88.4 Å². The number of amides is 1. The molecule has 0 radical (unpaired) electrons. The second-order valence-corrected chi connectivity index (χ2v) is 14.3. The minimum atomic E-state index is -0.229. The number of benzene rings is 1. The number of carbonyl (C=O) groups is 1. The molecule has 4 aliphatic heterocycles. The molecule has 7 atom stereocenters. The molecule has 228 valence electrons. The van der Waals surface area contributed by atoms with Crippen molar-refractivity contribution in [2.45, 2.75) is 91.7 Å². The van der Waals surface area contributed by atoms with Crippen LogP contribution in [0.5, 0.6) is 5.75 Å². The number of hydrogen-bond donors (Lipinski definition) is 2. The molecule has 1 aromatic rings. The van der Waals surface area contributed by atoms with E-state index in [2.05, 4.69) is 70.1 Å². The van der Waals surface area contributed by atoms with Crippen LogP contribution in [0.15, 0.2) is 35.7 Å². The summed E-state index contributed by atoms with van der Waals surface area (Å²) in [4.78, 5) is 20.7. The van der Waals surface area contributed by atoms with Gasteiger partial charge >= 0.3 is 0 Å². The Balaban J connectivity index is 1.20. The summed E-state index contributed by atoms with van der Waals surface area (Å²) in [6, 6.07) is 9.51. The van der Waals surface area contributed by atoms with Crippen molar-refractivity contribution in [3.63, 3.8) is 0 Å². The fourth-order valence-electron chi connectivity index (χ4n) is 8.00. The van der Waals surface area contributed by atoms with E-state index in [9.17, 15) is 10.1 Å². The predicted molar refractivity (Wildman–Crippen MR) is 164 cm³/mol. The highest BCUT2D eigenvalue weighted by atomic mass is 32.2. The first kappa shape index (κ1) is 29.9. The summed E-state index contributed by atoms with van der Waals surface area (Å²) in [6.45, 7) is 7.59. The molecule has 1 aromatic carbocycles. The summed E-state index contributed by atoms with van der Waals surface area (Å²) >= 11 is 2.07. The van der Waals surface area contributed by atoms with Crippen molar-refractivity contribution in [1.82, 2.24) is 25.3 Å². The number of likely N-dealkylation sites (N-methyl/N-ethyl adjacent to an activating group) is 1. The van der Waals surface area contributed by atoms with Gasteiger partial charge in [0.15, 0.2) is 6.35 Å². The fraction of sp³-hybridized carbons (Fsp3) is 0.688. The van der Waals surface area contributed by atoms with E-state index >= 15 is 0 Å². The molecule has 6 unspecified atom stereocenters. The monoisotopic (exact) mass is 594 g/mol. The topological polar surface area (TPSA) is 93.1 Å². The molecule has 0 bridgehead atoms. The SMILES string of the molecule is C=CC(=O)N1CCN(C2NC(OCC3CCCN3C)NC3C[C@@]4(CCc5cc(OC)ccc5S4)CCC32)CC1CC#N. The van der Waals surface area contributed by atoms with E-state index in [-0.39, 0.29) is 29.2 Å². The number of likely N-dealkylation sites (tertiary alicyclic amines) is 1. The van der Waals surface area contributed by atoms with Gasteiger partial charge in [0.2, 0.25) is 5.91 Å². The molecule has 9 nitrogen and oxygen atoms in total. The maximum atomic E-state index is 12.6. The quantitative estimate of drug-likeness (QED) is 0.462. The second-order valence-electron chi connectivity index (χ2n) is 12.8. The molecule has 3 saturated heterocycles. The molecule has 5 aliphatic rings. The highest BCUT2D eigenvalue weighted by Crippen LogP contribution is 2.53. The van der Waals surface area contributed by atoms with Crippen LogP contribution in [0.1, 0.15) is 50.5 Å². The molecule has 42 heavy (non-hydrogen) atoms. The minimum absolute atomic E-state index is 0.0835. The van der Waals surface area contributed by atoms with Gasteiger partial charge < -0.3 is 19.3 Å². The van der Waals surface area contributed by atoms with Crippen LogP contribution >= 0.6 is 11.8 Å². The van der Waals surface area contributed by atoms with Gasteiger partial charge in [-0.15, -0.1) is 11.8 Å². The summed E-state index contributed by atoms with van der Waals surface area (Å²) < 4.78 is 12.3. The first-order chi connectivity index (χ1) is 20.4. The largest absolute Gasteiger partial charge is 0.497 e. The van der Waals surface area contributed by atoms with Crippen molar-refractivity contribution in [1.29, 1.82) is 5.26 Å². The molecule has 4 fully saturated rings. The second kappa shape index (κ2) is 12.8. The van der Waals surface area contributed by atoms with Crippen LogP contribution in [0.2, 0.25) is 0 Å². The van der Waals surface area contributed by atoms with Crippen molar-refractivity contribution in [2.75, 3.05) is 46.9 Å². The number of methoxy groups -OCH3 is 1. The third-order valence-electron chi connectivity index (χ3n) is 10.4. The number of thioether (sulfide) groups is 1. The third kappa shape index (κ3) is 6.10. The lowest BCUT2D eigenvalue weighted by molar-refractivity contribution is -0.135. The van der Waals surface area contributed by atoms with Gasteiger partial charge in [-0.3, -0.25) is 20.3 Å². The molecule has 1 spiro atoms. The van der Waals surface area contributed by atoms with Gasteiger partial charge in [0.05, 0.1) is 38.4 Å². The molecular weight excluding hydrogens is 548 g/mol. The predicted octanol–water partition coefficient (Wildman–Crippen LogP) is 3.17. The minimum Gasteiger partial charge on any atom is -0.497 e. The molecule has 1 aliphatic carbocycles. The van der Waals surface area contributed by atoms with E-state index in [0.29, 0.717) is 44.1 Å². The van der Waals surface area contributed by atoms with Gasteiger partial charge in [0.1, 0.15) is 5.75 Å². The highest BCUT2D eigenvalue weighted by molar-refractivity contribution is 8.00. The van der Waals surface area contributed by atoms with E-state index in [0.717, 1.165) is 38.1 Å². The normalized spacial score (nSPS) is 35.3. The Morgan fingerprint density at radius 3 is 2.88 bits per heavy atom. The van der Waals surface area contributed by atoms with Gasteiger partial charge in [0, 0.05) is 47.3 Å². The zero-order valence-corrected chi connectivity index (χ0v) is 25.9. The molecule has 10 heteroatoms. The lowest BCUT2D eigenvalue weighted by atomic mass is 9.73. The van der Waals surface area contributed by atoms with Crippen LogP contribution in [0, 0.1) is 17.2 Å². The first-order valence-electron chi connectivity index (χ1n) is 15.7. The van der Waals surface area contributed by atoms with E-state index in [4.69, 9.17) is 9.47 Å². The Kier molecular flexibility index (Phi) is 9.15. The van der Waals surface area contributed by atoms with Crippen molar-refractivity contribution < 1.29 is 14.3 Å². The number of piperazine rings is 1. The van der Waals surface area contributed by atoms with Crippen LogP contribution in [-0.4, -0.2) is 103 Å². The van der Waals surface area contributed by atoms with Crippen LogP contribution < -0.4 is 15.4 Å². The number of aryl methyl sites for hydroxylation is 1. The molecule has 1 saturated carbocycles. The lowest BCUT2D eigenvalue weighted by Gasteiger charge is -2.56. The summed E-state index contributed by atoms with van der Waals surface area (Å²) in [6.07, 6.45) is 9.67.